The van der Waals surface area contributed by atoms with Crippen molar-refractivity contribution >= 4 is 5.91 Å². The second kappa shape index (κ2) is 5.30. The molecule has 1 saturated heterocycles. The van der Waals surface area contributed by atoms with E-state index in [1.807, 2.05) is 13.0 Å². The summed E-state index contributed by atoms with van der Waals surface area (Å²) < 4.78 is 10.6. The second-order valence-electron chi connectivity index (χ2n) is 5.31. The van der Waals surface area contributed by atoms with Crippen LogP contribution in [-0.2, 0) is 16.1 Å². The van der Waals surface area contributed by atoms with E-state index in [4.69, 9.17) is 9.26 Å². The zero-order chi connectivity index (χ0) is 13.2. The summed E-state index contributed by atoms with van der Waals surface area (Å²) in [4.78, 5) is 14.1. The Morgan fingerprint density at radius 3 is 3.11 bits per heavy atom. The van der Waals surface area contributed by atoms with Gasteiger partial charge in [0.2, 0.25) is 0 Å². The molecule has 3 rings (SSSR count). The first-order valence-electron chi connectivity index (χ1n) is 6.77. The minimum Gasteiger partial charge on any atom is -0.366 e. The molecule has 6 nitrogen and oxygen atoms in total. The molecule has 1 amide bonds. The van der Waals surface area contributed by atoms with Crippen molar-refractivity contribution < 1.29 is 14.1 Å². The van der Waals surface area contributed by atoms with Crippen LogP contribution >= 0.6 is 0 Å². The molecule has 1 atom stereocenters. The largest absolute Gasteiger partial charge is 0.366 e. The Bertz CT molecular complexity index is 456. The number of aryl methyl sites for hydroxylation is 1. The van der Waals surface area contributed by atoms with Crippen LogP contribution in [0.2, 0.25) is 0 Å². The van der Waals surface area contributed by atoms with Crippen molar-refractivity contribution in [1.29, 1.82) is 0 Å². The Labute approximate surface area is 112 Å². The van der Waals surface area contributed by atoms with E-state index >= 15 is 0 Å². The normalized spacial score (nSPS) is 24.4. The number of nitrogens with zero attached hydrogens (tertiary/aromatic N) is 2. The lowest BCUT2D eigenvalue weighted by Crippen LogP contribution is -2.49. The molecule has 104 valence electrons. The third-order valence-electron chi connectivity index (χ3n) is 3.43. The molecule has 1 unspecified atom stereocenters. The summed E-state index contributed by atoms with van der Waals surface area (Å²) >= 11 is 0. The lowest BCUT2D eigenvalue weighted by atomic mass is 10.2. The molecule has 0 radical (unpaired) electrons. The molecule has 1 aliphatic carbocycles. The molecule has 6 heteroatoms. The Hall–Kier alpha value is -1.40. The van der Waals surface area contributed by atoms with Gasteiger partial charge in [-0.2, -0.15) is 0 Å². The van der Waals surface area contributed by atoms with Gasteiger partial charge >= 0.3 is 0 Å². The molecule has 0 spiro atoms. The Morgan fingerprint density at radius 2 is 2.42 bits per heavy atom. The molecular formula is C13H19N3O3. The molecule has 0 aromatic carbocycles. The average molecular weight is 265 g/mol. The van der Waals surface area contributed by atoms with Gasteiger partial charge in [0.1, 0.15) is 11.9 Å². The third-order valence-corrected chi connectivity index (χ3v) is 3.43. The van der Waals surface area contributed by atoms with Crippen LogP contribution in [0.5, 0.6) is 0 Å². The van der Waals surface area contributed by atoms with Gasteiger partial charge in [-0.15, -0.1) is 0 Å². The second-order valence-corrected chi connectivity index (χ2v) is 5.31. The number of rotatable bonds is 4. The molecule has 2 aliphatic rings. The lowest BCUT2D eigenvalue weighted by Gasteiger charge is -2.31. The number of hydrogen-bond acceptors (Lipinski definition) is 5. The summed E-state index contributed by atoms with van der Waals surface area (Å²) in [5.74, 6) is 0.829. The molecule has 1 aliphatic heterocycles. The number of morpholine rings is 1. The fraction of sp³-hybridized carbons (Fsp3) is 0.692. The Morgan fingerprint density at radius 1 is 1.58 bits per heavy atom. The first-order valence-corrected chi connectivity index (χ1v) is 6.77. The highest BCUT2D eigenvalue weighted by atomic mass is 16.5. The van der Waals surface area contributed by atoms with Crippen molar-refractivity contribution in [2.24, 2.45) is 0 Å². The maximum absolute atomic E-state index is 12.0. The van der Waals surface area contributed by atoms with Crippen molar-refractivity contribution in [3.05, 3.63) is 17.5 Å². The fourth-order valence-electron chi connectivity index (χ4n) is 2.25. The molecule has 1 aromatic heterocycles. The monoisotopic (exact) mass is 265 g/mol. The van der Waals surface area contributed by atoms with Gasteiger partial charge in [0.25, 0.3) is 5.91 Å². The average Bonchev–Trinajstić information content (AvgIpc) is 3.12. The van der Waals surface area contributed by atoms with Gasteiger partial charge in [-0.05, 0) is 19.8 Å². The number of nitrogens with one attached hydrogen (secondary N) is 1. The van der Waals surface area contributed by atoms with Crippen molar-refractivity contribution in [3.8, 4) is 0 Å². The van der Waals surface area contributed by atoms with Crippen LogP contribution in [0.4, 0.5) is 0 Å². The predicted octanol–water partition coefficient (Wildman–Crippen LogP) is 0.462. The number of carbonyl (C=O) groups is 1. The van der Waals surface area contributed by atoms with Crippen LogP contribution in [0.3, 0.4) is 0 Å². The number of aromatic nitrogens is 1. The first kappa shape index (κ1) is 12.6. The summed E-state index contributed by atoms with van der Waals surface area (Å²) in [7, 11) is 0. The number of carbonyl (C=O) groups excluding carboxylic acids is 1. The zero-order valence-electron chi connectivity index (χ0n) is 11.1. The standard InChI is InChI=1S/C13H19N3O3/c1-9-6-11(15-19-9)7-16-4-5-18-12(8-16)13(17)14-10-2-3-10/h6,10,12H,2-5,7-8H2,1H3,(H,14,17). The summed E-state index contributed by atoms with van der Waals surface area (Å²) in [6.07, 6.45) is 1.84. The summed E-state index contributed by atoms with van der Waals surface area (Å²) in [5.41, 5.74) is 0.903. The van der Waals surface area contributed by atoms with Gasteiger partial charge in [-0.1, -0.05) is 5.16 Å². The molecule has 0 bridgehead atoms. The predicted molar refractivity (Wildman–Crippen MR) is 67.4 cm³/mol. The van der Waals surface area contributed by atoms with Gasteiger partial charge in [0.05, 0.1) is 12.3 Å². The zero-order valence-corrected chi connectivity index (χ0v) is 11.1. The topological polar surface area (TPSA) is 67.6 Å². The fourth-order valence-corrected chi connectivity index (χ4v) is 2.25. The van der Waals surface area contributed by atoms with E-state index in [0.29, 0.717) is 25.7 Å². The minimum atomic E-state index is -0.359. The van der Waals surface area contributed by atoms with Crippen LogP contribution < -0.4 is 5.32 Å². The van der Waals surface area contributed by atoms with Gasteiger partial charge < -0.3 is 14.6 Å². The SMILES string of the molecule is Cc1cc(CN2CCOC(C(=O)NC3CC3)C2)no1. The molecular weight excluding hydrogens is 246 g/mol. The van der Waals surface area contributed by atoms with Crippen LogP contribution in [0.1, 0.15) is 24.3 Å². The third kappa shape index (κ3) is 3.33. The van der Waals surface area contributed by atoms with Crippen LogP contribution in [0, 0.1) is 6.92 Å². The first-order chi connectivity index (χ1) is 9.20. The molecule has 2 heterocycles. The highest BCUT2D eigenvalue weighted by Crippen LogP contribution is 2.19. The van der Waals surface area contributed by atoms with E-state index < -0.39 is 0 Å². The van der Waals surface area contributed by atoms with Crippen molar-refractivity contribution in [1.82, 2.24) is 15.4 Å². The molecule has 1 N–H and O–H groups in total. The van der Waals surface area contributed by atoms with E-state index in [9.17, 15) is 4.79 Å². The highest BCUT2D eigenvalue weighted by Gasteiger charge is 2.31. The lowest BCUT2D eigenvalue weighted by molar-refractivity contribution is -0.139. The summed E-state index contributed by atoms with van der Waals surface area (Å²) in [5, 5.41) is 6.97. The summed E-state index contributed by atoms with van der Waals surface area (Å²) in [6.45, 7) is 4.60. The van der Waals surface area contributed by atoms with Gasteiger partial charge in [0, 0.05) is 31.7 Å². The Kier molecular flexibility index (Phi) is 3.52. The Balaban J connectivity index is 1.53. The molecule has 1 aromatic rings. The van der Waals surface area contributed by atoms with Gasteiger partial charge in [-0.25, -0.2) is 0 Å². The number of hydrogen-bond donors (Lipinski definition) is 1. The van der Waals surface area contributed by atoms with E-state index in [0.717, 1.165) is 30.8 Å². The molecule has 19 heavy (non-hydrogen) atoms. The van der Waals surface area contributed by atoms with Crippen molar-refractivity contribution in [3.63, 3.8) is 0 Å². The number of ether oxygens (including phenoxy) is 1. The highest BCUT2D eigenvalue weighted by molar-refractivity contribution is 5.81. The maximum Gasteiger partial charge on any atom is 0.250 e. The van der Waals surface area contributed by atoms with E-state index in [1.54, 1.807) is 0 Å². The van der Waals surface area contributed by atoms with E-state index in [1.165, 1.54) is 0 Å². The number of amides is 1. The van der Waals surface area contributed by atoms with E-state index in [2.05, 4.69) is 15.4 Å². The van der Waals surface area contributed by atoms with E-state index in [-0.39, 0.29) is 12.0 Å². The van der Waals surface area contributed by atoms with Crippen LogP contribution in [0.25, 0.3) is 0 Å². The van der Waals surface area contributed by atoms with Crippen molar-refractivity contribution in [2.75, 3.05) is 19.7 Å². The van der Waals surface area contributed by atoms with Crippen molar-refractivity contribution in [2.45, 2.75) is 38.5 Å². The summed E-state index contributed by atoms with van der Waals surface area (Å²) in [6, 6.07) is 2.30. The molecule has 2 fully saturated rings. The quantitative estimate of drug-likeness (QED) is 0.856. The maximum atomic E-state index is 12.0. The van der Waals surface area contributed by atoms with Gasteiger partial charge in [0.15, 0.2) is 0 Å². The molecule has 1 saturated carbocycles. The van der Waals surface area contributed by atoms with Gasteiger partial charge in [-0.3, -0.25) is 9.69 Å². The van der Waals surface area contributed by atoms with Crippen LogP contribution in [-0.4, -0.2) is 47.8 Å². The minimum absolute atomic E-state index is 0.0172. The van der Waals surface area contributed by atoms with Crippen LogP contribution in [0.15, 0.2) is 10.6 Å². The smallest absolute Gasteiger partial charge is 0.250 e.